The van der Waals surface area contributed by atoms with Gasteiger partial charge in [-0.15, -0.1) is 0 Å². The quantitative estimate of drug-likeness (QED) is 0.224. The molecule has 194 valence electrons. The predicted molar refractivity (Wildman–Crippen MR) is 126 cm³/mol. The average Bonchev–Trinajstić information content (AvgIpc) is 2.81. The summed E-state index contributed by atoms with van der Waals surface area (Å²) < 4.78 is 53.0. The number of esters is 1. The highest BCUT2D eigenvalue weighted by Gasteiger charge is 2.34. The van der Waals surface area contributed by atoms with E-state index < -0.39 is 57.1 Å². The zero-order chi connectivity index (χ0) is 26.6. The third-order valence-corrected chi connectivity index (χ3v) is 6.92. The van der Waals surface area contributed by atoms with Gasteiger partial charge in [-0.1, -0.05) is 17.7 Å². The van der Waals surface area contributed by atoms with Crippen molar-refractivity contribution in [1.82, 2.24) is 4.90 Å². The van der Waals surface area contributed by atoms with Gasteiger partial charge in [0.2, 0.25) is 10.6 Å². The normalized spacial score (nSPS) is 17.0. The molecule has 36 heavy (non-hydrogen) atoms. The number of hydrogen-bond donors (Lipinski definition) is 0. The van der Waals surface area contributed by atoms with Crippen LogP contribution < -0.4 is 4.90 Å². The summed E-state index contributed by atoms with van der Waals surface area (Å²) >= 11 is 3.71. The molecule has 1 unspecified atom stereocenters. The molecule has 2 atom stereocenters. The number of carbonyl (C=O) groups is 2. The van der Waals surface area contributed by atoms with E-state index in [0.29, 0.717) is 24.7 Å². The third kappa shape index (κ3) is 7.02. The number of rotatable bonds is 7. The first-order chi connectivity index (χ1) is 16.9. The van der Waals surface area contributed by atoms with Gasteiger partial charge in [0.05, 0.1) is 4.92 Å². The highest BCUT2D eigenvalue weighted by molar-refractivity contribution is 7.92. The minimum absolute atomic E-state index is 0.0227. The molecule has 1 heterocycles. The first kappa shape index (κ1) is 27.6. The SMILES string of the molecule is C[C@@H]1CN(C(=O)c2ccc([S+]([O-])CC(=O)OCC(F)(F)F)c([N+](=O)[O-])c2)CCN1c1cccc(Cl)c1. The highest BCUT2D eigenvalue weighted by atomic mass is 35.5. The van der Waals surface area contributed by atoms with Crippen molar-refractivity contribution in [2.45, 2.75) is 24.0 Å². The van der Waals surface area contributed by atoms with Gasteiger partial charge in [-0.25, -0.2) is 4.79 Å². The zero-order valence-electron chi connectivity index (χ0n) is 18.9. The fourth-order valence-corrected chi connectivity index (χ4v) is 4.96. The number of alkyl halides is 3. The molecule has 2 aromatic rings. The topological polar surface area (TPSA) is 116 Å². The van der Waals surface area contributed by atoms with Gasteiger partial charge in [-0.05, 0) is 31.2 Å². The van der Waals surface area contributed by atoms with Crippen molar-refractivity contribution in [2.75, 3.05) is 36.9 Å². The molecular weight excluding hydrogens is 527 g/mol. The van der Waals surface area contributed by atoms with Crippen LogP contribution in [0.5, 0.6) is 0 Å². The Morgan fingerprint density at radius 2 is 1.94 bits per heavy atom. The van der Waals surface area contributed by atoms with E-state index in [4.69, 9.17) is 11.6 Å². The van der Waals surface area contributed by atoms with Crippen molar-refractivity contribution in [2.24, 2.45) is 0 Å². The largest absolute Gasteiger partial charge is 0.611 e. The lowest BCUT2D eigenvalue weighted by Crippen LogP contribution is -2.53. The average molecular weight is 548 g/mol. The summed E-state index contributed by atoms with van der Waals surface area (Å²) in [5, 5.41) is 12.1. The molecule has 0 saturated carbocycles. The standard InChI is InChI=1S/C22H21ClF3N3O6S/c1-14-11-27(7-8-28(14)17-4-2-3-16(23)10-17)21(31)15-5-6-19(18(9-15)29(32)33)36(34)12-20(30)35-13-22(24,25)26/h2-6,9-10,14H,7-8,11-13H2,1H3/t14-,36?/m1/s1. The first-order valence-electron chi connectivity index (χ1n) is 10.6. The van der Waals surface area contributed by atoms with Crippen LogP contribution in [0.15, 0.2) is 47.4 Å². The summed E-state index contributed by atoms with van der Waals surface area (Å²) in [4.78, 5) is 38.5. The maximum atomic E-state index is 13.1. The van der Waals surface area contributed by atoms with Gasteiger partial charge in [0.25, 0.3) is 5.91 Å². The molecule has 1 saturated heterocycles. The number of benzene rings is 2. The molecule has 0 bridgehead atoms. The summed E-state index contributed by atoms with van der Waals surface area (Å²) in [7, 11) is 0. The molecule has 1 aliphatic rings. The predicted octanol–water partition coefficient (Wildman–Crippen LogP) is 3.81. The molecule has 1 fully saturated rings. The number of nitro groups is 1. The molecule has 0 aromatic heterocycles. The lowest BCUT2D eigenvalue weighted by atomic mass is 10.1. The number of halogens is 4. The maximum Gasteiger partial charge on any atom is 0.422 e. The molecule has 0 N–H and O–H groups in total. The van der Waals surface area contributed by atoms with E-state index in [9.17, 15) is 37.4 Å². The summed E-state index contributed by atoms with van der Waals surface area (Å²) in [6.07, 6.45) is -4.76. The second kappa shape index (κ2) is 11.4. The summed E-state index contributed by atoms with van der Waals surface area (Å²) in [5.41, 5.74) is 0.192. The Labute approximate surface area is 212 Å². The smallest absolute Gasteiger partial charge is 0.422 e. The molecule has 1 aliphatic heterocycles. The van der Waals surface area contributed by atoms with Crippen LogP contribution in [0, 0.1) is 10.1 Å². The summed E-state index contributed by atoms with van der Waals surface area (Å²) in [6.45, 7) is 1.23. The van der Waals surface area contributed by atoms with E-state index >= 15 is 0 Å². The van der Waals surface area contributed by atoms with E-state index in [0.717, 1.165) is 17.8 Å². The van der Waals surface area contributed by atoms with Crippen molar-refractivity contribution >= 4 is 46.0 Å². The highest BCUT2D eigenvalue weighted by Crippen LogP contribution is 2.28. The molecule has 2 aromatic carbocycles. The van der Waals surface area contributed by atoms with Gasteiger partial charge in [0.15, 0.2) is 6.61 Å². The number of ether oxygens (including phenoxy) is 1. The van der Waals surface area contributed by atoms with Crippen LogP contribution in [0.1, 0.15) is 17.3 Å². The molecule has 0 spiro atoms. The van der Waals surface area contributed by atoms with Crippen LogP contribution in [-0.2, 0) is 20.7 Å². The Kier molecular flexibility index (Phi) is 8.69. The van der Waals surface area contributed by atoms with E-state index in [1.165, 1.54) is 11.0 Å². The number of piperazine rings is 1. The van der Waals surface area contributed by atoms with Crippen molar-refractivity contribution < 1.29 is 37.0 Å². The van der Waals surface area contributed by atoms with Crippen molar-refractivity contribution in [3.8, 4) is 0 Å². The second-order valence-corrected chi connectivity index (χ2v) is 9.83. The molecule has 0 aliphatic carbocycles. The van der Waals surface area contributed by atoms with Crippen molar-refractivity contribution in [3.63, 3.8) is 0 Å². The number of amides is 1. The minimum Gasteiger partial charge on any atom is -0.611 e. The van der Waals surface area contributed by atoms with Gasteiger partial charge in [0, 0.05) is 65.3 Å². The Hall–Kier alpha value is -3.03. The monoisotopic (exact) mass is 547 g/mol. The second-order valence-electron chi connectivity index (χ2n) is 7.98. The summed E-state index contributed by atoms with van der Waals surface area (Å²) in [6, 6.07) is 10.5. The number of anilines is 1. The molecule has 9 nitrogen and oxygen atoms in total. The van der Waals surface area contributed by atoms with Gasteiger partial charge < -0.3 is 19.1 Å². The number of nitrogens with zero attached hydrogens (tertiary/aromatic N) is 3. The van der Waals surface area contributed by atoms with E-state index in [2.05, 4.69) is 9.64 Å². The van der Waals surface area contributed by atoms with Crippen LogP contribution in [0.4, 0.5) is 24.5 Å². The zero-order valence-corrected chi connectivity index (χ0v) is 20.4. The Morgan fingerprint density at radius 3 is 2.56 bits per heavy atom. The van der Waals surface area contributed by atoms with Gasteiger partial charge in [0.1, 0.15) is 0 Å². The van der Waals surface area contributed by atoms with Crippen LogP contribution in [0.25, 0.3) is 0 Å². The molecule has 3 rings (SSSR count). The van der Waals surface area contributed by atoms with Crippen LogP contribution in [-0.4, -0.2) is 70.5 Å². The van der Waals surface area contributed by atoms with E-state index in [1.807, 2.05) is 25.1 Å². The van der Waals surface area contributed by atoms with Crippen LogP contribution in [0.2, 0.25) is 5.02 Å². The van der Waals surface area contributed by atoms with E-state index in [-0.39, 0.29) is 11.6 Å². The molecule has 0 radical (unpaired) electrons. The lowest BCUT2D eigenvalue weighted by molar-refractivity contribution is -0.387. The molecule has 14 heteroatoms. The first-order valence-corrected chi connectivity index (χ1v) is 12.3. The fourth-order valence-electron chi connectivity index (χ4n) is 3.74. The molecular formula is C22H21ClF3N3O6S. The van der Waals surface area contributed by atoms with Crippen molar-refractivity contribution in [1.29, 1.82) is 0 Å². The van der Waals surface area contributed by atoms with Gasteiger partial charge in [-0.2, -0.15) is 13.2 Å². The maximum absolute atomic E-state index is 13.1. The Balaban J connectivity index is 1.71. The number of hydrogen-bond acceptors (Lipinski definition) is 7. The lowest BCUT2D eigenvalue weighted by Gasteiger charge is -2.41. The number of carbonyl (C=O) groups excluding carboxylic acids is 2. The van der Waals surface area contributed by atoms with Crippen LogP contribution >= 0.6 is 11.6 Å². The van der Waals surface area contributed by atoms with Crippen molar-refractivity contribution in [3.05, 3.63) is 63.2 Å². The summed E-state index contributed by atoms with van der Waals surface area (Å²) in [5.74, 6) is -2.91. The minimum atomic E-state index is -4.76. The van der Waals surface area contributed by atoms with E-state index in [1.54, 1.807) is 6.07 Å². The third-order valence-electron chi connectivity index (χ3n) is 5.35. The fraction of sp³-hybridized carbons (Fsp3) is 0.364. The molecule has 1 amide bonds. The van der Waals surface area contributed by atoms with Gasteiger partial charge >= 0.3 is 17.8 Å². The van der Waals surface area contributed by atoms with Crippen LogP contribution in [0.3, 0.4) is 0 Å². The number of nitro benzene ring substituents is 1. The van der Waals surface area contributed by atoms with Gasteiger partial charge in [-0.3, -0.25) is 14.9 Å². The Bertz CT molecular complexity index is 1150. The Morgan fingerprint density at radius 1 is 1.22 bits per heavy atom.